The van der Waals surface area contributed by atoms with Gasteiger partial charge in [-0.05, 0) is 60.6 Å². The lowest BCUT2D eigenvalue weighted by Gasteiger charge is -2.14. The van der Waals surface area contributed by atoms with Gasteiger partial charge in [-0.3, -0.25) is 14.8 Å². The van der Waals surface area contributed by atoms with E-state index in [0.29, 0.717) is 12.2 Å². The van der Waals surface area contributed by atoms with Crippen LogP contribution >= 0.6 is 23.2 Å². The minimum atomic E-state index is -1.26. The van der Waals surface area contributed by atoms with Gasteiger partial charge in [0.25, 0.3) is 0 Å². The highest BCUT2D eigenvalue weighted by Gasteiger charge is 2.18. The molecule has 0 fully saturated rings. The van der Waals surface area contributed by atoms with Gasteiger partial charge in [0.1, 0.15) is 17.3 Å². The number of carbonyl (C=O) groups excluding carboxylic acids is 2. The molecule has 0 aromatic heterocycles. The zero-order valence-electron chi connectivity index (χ0n) is 16.3. The lowest BCUT2D eigenvalue weighted by molar-refractivity contribution is -0.141. The van der Waals surface area contributed by atoms with Crippen LogP contribution in [0.4, 0.5) is 10.1 Å². The van der Waals surface area contributed by atoms with E-state index in [1.807, 2.05) is 0 Å². The van der Waals surface area contributed by atoms with Gasteiger partial charge in [-0.2, -0.15) is 0 Å². The van der Waals surface area contributed by atoms with E-state index < -0.39 is 11.8 Å². The van der Waals surface area contributed by atoms with Crippen LogP contribution in [0.15, 0.2) is 72.2 Å². The van der Waals surface area contributed by atoms with Crippen molar-refractivity contribution in [2.75, 3.05) is 5.32 Å². The number of aliphatic hydroxyl groups is 1. The number of amides is 2. The van der Waals surface area contributed by atoms with Crippen LogP contribution in [0.25, 0.3) is 0 Å². The molecular weight excluding hydrogens is 462 g/mol. The van der Waals surface area contributed by atoms with Gasteiger partial charge in [0.2, 0.25) is 0 Å². The number of hydrogen-bond donors (Lipinski definition) is 4. The summed E-state index contributed by atoms with van der Waals surface area (Å²) < 4.78 is 19.3. The highest BCUT2D eigenvalue weighted by molar-refractivity contribution is 6.40. The van der Waals surface area contributed by atoms with Crippen molar-refractivity contribution in [2.24, 2.45) is 5.92 Å². The van der Waals surface area contributed by atoms with Crippen LogP contribution in [0.3, 0.4) is 0 Å². The van der Waals surface area contributed by atoms with Gasteiger partial charge in [-0.15, -0.1) is 0 Å². The minimum Gasteiger partial charge on any atom is -0.508 e. The number of allylic oxidation sites excluding steroid dienone is 4. The van der Waals surface area contributed by atoms with Crippen molar-refractivity contribution in [1.82, 2.24) is 5.48 Å². The molecule has 0 bridgehead atoms. The fraction of sp³-hybridized carbons (Fsp3) is 0.0909. The van der Waals surface area contributed by atoms with Crippen LogP contribution in [0, 0.1) is 11.7 Å². The summed E-state index contributed by atoms with van der Waals surface area (Å²) >= 11 is 12.5. The lowest BCUT2D eigenvalue weighted by atomic mass is 9.98. The Bertz CT molecular complexity index is 1120. The van der Waals surface area contributed by atoms with Gasteiger partial charge in [-0.1, -0.05) is 35.3 Å². The Morgan fingerprint density at radius 2 is 1.78 bits per heavy atom. The van der Waals surface area contributed by atoms with Crippen LogP contribution in [0.1, 0.15) is 5.56 Å². The van der Waals surface area contributed by atoms with E-state index >= 15 is 0 Å². The number of hydroxylamine groups is 1. The number of hydrogen-bond acceptors (Lipinski definition) is 5. The first-order chi connectivity index (χ1) is 15.2. The Hall–Kier alpha value is -3.33. The molecule has 2 amide bonds. The van der Waals surface area contributed by atoms with E-state index in [1.165, 1.54) is 41.9 Å². The molecule has 4 N–H and O–H groups in total. The van der Waals surface area contributed by atoms with E-state index in [-0.39, 0.29) is 39.0 Å². The lowest BCUT2D eigenvalue weighted by Crippen LogP contribution is -2.33. The van der Waals surface area contributed by atoms with Crippen molar-refractivity contribution < 1.29 is 29.0 Å². The third-order valence-electron chi connectivity index (χ3n) is 4.33. The molecule has 0 spiro atoms. The number of ether oxygens (including phenoxy) is 1. The summed E-state index contributed by atoms with van der Waals surface area (Å²) in [4.78, 5) is 22.7. The summed E-state index contributed by atoms with van der Waals surface area (Å²) in [6, 6.07) is 8.77. The first-order valence-corrected chi connectivity index (χ1v) is 9.98. The predicted octanol–water partition coefficient (Wildman–Crippen LogP) is 4.71. The number of halogens is 3. The van der Waals surface area contributed by atoms with Crippen molar-refractivity contribution in [3.8, 4) is 5.75 Å². The van der Waals surface area contributed by atoms with Gasteiger partial charge >= 0.3 is 11.8 Å². The topological polar surface area (TPSA) is 108 Å². The fourth-order valence-corrected chi connectivity index (χ4v) is 3.53. The van der Waals surface area contributed by atoms with Crippen LogP contribution in [-0.4, -0.2) is 22.1 Å². The van der Waals surface area contributed by atoms with E-state index in [0.717, 1.165) is 5.56 Å². The molecule has 1 aliphatic carbocycles. The van der Waals surface area contributed by atoms with Crippen molar-refractivity contribution in [3.05, 3.63) is 93.6 Å². The van der Waals surface area contributed by atoms with Crippen LogP contribution in [0.2, 0.25) is 10.0 Å². The summed E-state index contributed by atoms with van der Waals surface area (Å²) in [6.45, 7) is 0. The predicted molar refractivity (Wildman–Crippen MR) is 117 cm³/mol. The Morgan fingerprint density at radius 3 is 2.44 bits per heavy atom. The summed E-state index contributed by atoms with van der Waals surface area (Å²) in [5, 5.41) is 20.8. The number of nitrogens with one attached hydrogen (secondary N) is 2. The quantitative estimate of drug-likeness (QED) is 0.282. The zero-order valence-corrected chi connectivity index (χ0v) is 17.8. The molecule has 0 saturated heterocycles. The molecule has 1 aliphatic rings. The minimum absolute atomic E-state index is 0.0127. The zero-order chi connectivity index (χ0) is 23.3. The van der Waals surface area contributed by atoms with Crippen LogP contribution in [-0.2, 0) is 16.0 Å². The van der Waals surface area contributed by atoms with Crippen molar-refractivity contribution in [2.45, 2.75) is 6.42 Å². The molecule has 0 radical (unpaired) electrons. The average molecular weight is 479 g/mol. The Morgan fingerprint density at radius 1 is 1.06 bits per heavy atom. The standard InChI is InChI=1S/C22H17Cl2FN2O5/c23-18-10-15(26-21(29)22(30)27-31)11-19(24)20(18)32-17-5-4-16(28)8-13(9-17)6-12-2-1-3-14(25)7-12/h1-5,7-11,13,28,31H,6H2,(H,26,29)(H,27,30). The highest BCUT2D eigenvalue weighted by atomic mass is 35.5. The molecule has 1 unspecified atom stereocenters. The molecule has 7 nitrogen and oxygen atoms in total. The SMILES string of the molecule is O=C(NO)C(=O)Nc1cc(Cl)c(OC2=CC(Cc3cccc(F)c3)C=C(O)C=C2)c(Cl)c1. The number of benzene rings is 2. The molecular formula is C22H17Cl2FN2O5. The van der Waals surface area contributed by atoms with Gasteiger partial charge in [0.15, 0.2) is 5.75 Å². The van der Waals surface area contributed by atoms with E-state index in [4.69, 9.17) is 33.1 Å². The molecule has 166 valence electrons. The fourth-order valence-electron chi connectivity index (χ4n) is 2.97. The molecule has 10 heteroatoms. The molecule has 3 rings (SSSR count). The molecule has 2 aromatic rings. The van der Waals surface area contributed by atoms with Crippen LogP contribution in [0.5, 0.6) is 5.75 Å². The second kappa shape index (κ2) is 10.3. The second-order valence-electron chi connectivity index (χ2n) is 6.76. The number of rotatable bonds is 5. The highest BCUT2D eigenvalue weighted by Crippen LogP contribution is 2.38. The van der Waals surface area contributed by atoms with Crippen molar-refractivity contribution in [3.63, 3.8) is 0 Å². The van der Waals surface area contributed by atoms with Crippen molar-refractivity contribution in [1.29, 1.82) is 0 Å². The molecule has 0 saturated carbocycles. The van der Waals surface area contributed by atoms with Gasteiger partial charge in [0, 0.05) is 11.6 Å². The first-order valence-electron chi connectivity index (χ1n) is 9.22. The first kappa shape index (κ1) is 23.3. The van der Waals surface area contributed by atoms with Crippen molar-refractivity contribution >= 4 is 40.7 Å². The van der Waals surface area contributed by atoms with E-state index in [9.17, 15) is 19.1 Å². The summed E-state index contributed by atoms with van der Waals surface area (Å²) in [7, 11) is 0. The Balaban J connectivity index is 1.81. The van der Waals surface area contributed by atoms with Crippen LogP contribution < -0.4 is 15.5 Å². The number of anilines is 1. The maximum Gasteiger partial charge on any atom is 0.332 e. The maximum absolute atomic E-state index is 13.5. The smallest absolute Gasteiger partial charge is 0.332 e. The largest absolute Gasteiger partial charge is 0.508 e. The summed E-state index contributed by atoms with van der Waals surface area (Å²) in [6.07, 6.45) is 6.69. The van der Waals surface area contributed by atoms with Gasteiger partial charge < -0.3 is 15.2 Å². The summed E-state index contributed by atoms with van der Waals surface area (Å²) in [5.74, 6) is -2.63. The number of carbonyl (C=O) groups is 2. The Labute approximate surface area is 192 Å². The molecule has 32 heavy (non-hydrogen) atoms. The molecule has 0 aliphatic heterocycles. The third-order valence-corrected chi connectivity index (χ3v) is 4.89. The number of aliphatic hydroxyl groups excluding tert-OH is 1. The molecule has 0 heterocycles. The van der Waals surface area contributed by atoms with Gasteiger partial charge in [0.05, 0.1) is 10.0 Å². The summed E-state index contributed by atoms with van der Waals surface area (Å²) in [5.41, 5.74) is 2.05. The normalized spacial score (nSPS) is 15.3. The molecule has 1 atom stereocenters. The Kier molecular flexibility index (Phi) is 7.53. The third kappa shape index (κ3) is 6.10. The van der Waals surface area contributed by atoms with E-state index in [1.54, 1.807) is 24.3 Å². The maximum atomic E-state index is 13.5. The molecule has 2 aromatic carbocycles. The monoisotopic (exact) mass is 478 g/mol. The van der Waals surface area contributed by atoms with E-state index in [2.05, 4.69) is 5.32 Å². The average Bonchev–Trinajstić information content (AvgIpc) is 2.90. The second-order valence-corrected chi connectivity index (χ2v) is 7.57. The van der Waals surface area contributed by atoms with Gasteiger partial charge in [-0.25, -0.2) is 9.87 Å².